The lowest BCUT2D eigenvalue weighted by Gasteiger charge is -2.04. The van der Waals surface area contributed by atoms with Gasteiger partial charge in [-0.15, -0.1) is 0 Å². The SMILES string of the molecule is O=C(C[C@H]1C[C@H]1C(=O)OCc1ccccc1)c1ccccc1. The Bertz CT molecular complexity index is 649. The number of Topliss-reactive ketones (excluding diaryl/α,β-unsaturated/α-hetero) is 1. The summed E-state index contributed by atoms with van der Waals surface area (Å²) in [5.41, 5.74) is 1.69. The molecule has 0 spiro atoms. The summed E-state index contributed by atoms with van der Waals surface area (Å²) < 4.78 is 5.32. The van der Waals surface area contributed by atoms with Crippen molar-refractivity contribution in [3.63, 3.8) is 0 Å². The normalized spacial score (nSPS) is 19.5. The second kappa shape index (κ2) is 6.56. The zero-order chi connectivity index (χ0) is 15.4. The molecule has 22 heavy (non-hydrogen) atoms. The molecule has 1 aliphatic rings. The summed E-state index contributed by atoms with van der Waals surface area (Å²) in [6.07, 6.45) is 1.18. The zero-order valence-corrected chi connectivity index (χ0v) is 12.3. The van der Waals surface area contributed by atoms with Crippen LogP contribution in [-0.2, 0) is 16.1 Å². The Morgan fingerprint density at radius 3 is 2.27 bits per heavy atom. The van der Waals surface area contributed by atoms with E-state index in [1.807, 2.05) is 60.7 Å². The lowest BCUT2D eigenvalue weighted by atomic mass is 10.1. The van der Waals surface area contributed by atoms with Crippen LogP contribution in [0.4, 0.5) is 0 Å². The number of ketones is 1. The Kier molecular flexibility index (Phi) is 4.33. The predicted molar refractivity (Wildman–Crippen MR) is 83.2 cm³/mol. The van der Waals surface area contributed by atoms with Gasteiger partial charge in [0.05, 0.1) is 5.92 Å². The van der Waals surface area contributed by atoms with E-state index in [2.05, 4.69) is 0 Å². The fraction of sp³-hybridized carbons (Fsp3) is 0.263. The maximum Gasteiger partial charge on any atom is 0.309 e. The van der Waals surface area contributed by atoms with Gasteiger partial charge >= 0.3 is 5.97 Å². The van der Waals surface area contributed by atoms with E-state index in [4.69, 9.17) is 4.74 Å². The van der Waals surface area contributed by atoms with Crippen molar-refractivity contribution >= 4 is 11.8 Å². The van der Waals surface area contributed by atoms with Crippen LogP contribution < -0.4 is 0 Å². The van der Waals surface area contributed by atoms with Gasteiger partial charge in [-0.2, -0.15) is 0 Å². The number of hydrogen-bond acceptors (Lipinski definition) is 3. The smallest absolute Gasteiger partial charge is 0.309 e. The molecule has 2 aromatic carbocycles. The molecule has 0 N–H and O–H groups in total. The Morgan fingerprint density at radius 1 is 0.955 bits per heavy atom. The lowest BCUT2D eigenvalue weighted by molar-refractivity contribution is -0.146. The van der Waals surface area contributed by atoms with E-state index in [0.29, 0.717) is 18.6 Å². The fourth-order valence-corrected chi connectivity index (χ4v) is 2.58. The largest absolute Gasteiger partial charge is 0.461 e. The van der Waals surface area contributed by atoms with Gasteiger partial charge in [-0.05, 0) is 17.9 Å². The van der Waals surface area contributed by atoms with Crippen LogP contribution in [0.1, 0.15) is 28.8 Å². The van der Waals surface area contributed by atoms with E-state index in [0.717, 1.165) is 12.0 Å². The van der Waals surface area contributed by atoms with Crippen LogP contribution in [0.5, 0.6) is 0 Å². The van der Waals surface area contributed by atoms with Crippen molar-refractivity contribution < 1.29 is 14.3 Å². The molecular formula is C19H18O3. The number of benzene rings is 2. The van der Waals surface area contributed by atoms with Crippen LogP contribution in [0, 0.1) is 11.8 Å². The second-order valence-electron chi connectivity index (χ2n) is 5.69. The van der Waals surface area contributed by atoms with E-state index in [-0.39, 0.29) is 23.6 Å². The Hall–Kier alpha value is -2.42. The van der Waals surface area contributed by atoms with Gasteiger partial charge in [0.2, 0.25) is 0 Å². The molecule has 0 amide bonds. The summed E-state index contributed by atoms with van der Waals surface area (Å²) in [5.74, 6) is -0.0639. The van der Waals surface area contributed by atoms with Crippen LogP contribution in [-0.4, -0.2) is 11.8 Å². The van der Waals surface area contributed by atoms with E-state index >= 15 is 0 Å². The van der Waals surface area contributed by atoms with E-state index in [9.17, 15) is 9.59 Å². The van der Waals surface area contributed by atoms with Gasteiger partial charge in [0.15, 0.2) is 5.78 Å². The summed E-state index contributed by atoms with van der Waals surface area (Å²) >= 11 is 0. The molecule has 112 valence electrons. The van der Waals surface area contributed by atoms with Crippen molar-refractivity contribution in [3.05, 3.63) is 71.8 Å². The highest BCUT2D eigenvalue weighted by Crippen LogP contribution is 2.42. The maximum atomic E-state index is 12.1. The average Bonchev–Trinajstić information content (AvgIpc) is 3.33. The molecule has 3 rings (SSSR count). The Morgan fingerprint density at radius 2 is 1.59 bits per heavy atom. The van der Waals surface area contributed by atoms with Crippen molar-refractivity contribution in [1.82, 2.24) is 0 Å². The van der Waals surface area contributed by atoms with Crippen LogP contribution in [0.2, 0.25) is 0 Å². The molecule has 3 nitrogen and oxygen atoms in total. The summed E-state index contributed by atoms with van der Waals surface area (Å²) in [6.45, 7) is 0.301. The third-order valence-electron chi connectivity index (χ3n) is 3.99. The topological polar surface area (TPSA) is 43.4 Å². The number of hydrogen-bond donors (Lipinski definition) is 0. The third-order valence-corrected chi connectivity index (χ3v) is 3.99. The second-order valence-corrected chi connectivity index (χ2v) is 5.69. The van der Waals surface area contributed by atoms with Crippen LogP contribution in [0.3, 0.4) is 0 Å². The van der Waals surface area contributed by atoms with Crippen molar-refractivity contribution in [2.24, 2.45) is 11.8 Å². The number of esters is 1. The van der Waals surface area contributed by atoms with Crippen molar-refractivity contribution in [2.75, 3.05) is 0 Å². The molecule has 2 aromatic rings. The summed E-state index contributed by atoms with van der Waals surface area (Å²) in [6, 6.07) is 18.8. The number of rotatable bonds is 6. The first-order valence-corrected chi connectivity index (χ1v) is 7.53. The minimum absolute atomic E-state index is 0.101. The van der Waals surface area contributed by atoms with Gasteiger partial charge in [-0.3, -0.25) is 9.59 Å². The number of carbonyl (C=O) groups is 2. The lowest BCUT2D eigenvalue weighted by Crippen LogP contribution is -2.09. The molecule has 2 atom stereocenters. The molecule has 0 aromatic heterocycles. The number of ether oxygens (including phenoxy) is 1. The highest BCUT2D eigenvalue weighted by Gasteiger charge is 2.45. The molecule has 0 unspecified atom stereocenters. The summed E-state index contributed by atoms with van der Waals surface area (Å²) in [7, 11) is 0. The summed E-state index contributed by atoms with van der Waals surface area (Å²) in [5, 5.41) is 0. The first kappa shape index (κ1) is 14.5. The Labute approximate surface area is 129 Å². The van der Waals surface area contributed by atoms with Crippen LogP contribution in [0.25, 0.3) is 0 Å². The van der Waals surface area contributed by atoms with Gasteiger partial charge in [-0.1, -0.05) is 60.7 Å². The monoisotopic (exact) mass is 294 g/mol. The van der Waals surface area contributed by atoms with Crippen molar-refractivity contribution in [2.45, 2.75) is 19.4 Å². The van der Waals surface area contributed by atoms with E-state index < -0.39 is 0 Å². The highest BCUT2D eigenvalue weighted by molar-refractivity contribution is 5.96. The fourth-order valence-electron chi connectivity index (χ4n) is 2.58. The molecular weight excluding hydrogens is 276 g/mol. The molecule has 0 bridgehead atoms. The molecule has 1 fully saturated rings. The minimum atomic E-state index is -0.185. The van der Waals surface area contributed by atoms with Crippen LogP contribution >= 0.6 is 0 Å². The molecule has 1 aliphatic carbocycles. The average molecular weight is 294 g/mol. The highest BCUT2D eigenvalue weighted by atomic mass is 16.5. The van der Waals surface area contributed by atoms with Crippen LogP contribution in [0.15, 0.2) is 60.7 Å². The third kappa shape index (κ3) is 3.61. The Balaban J connectivity index is 1.46. The zero-order valence-electron chi connectivity index (χ0n) is 12.3. The van der Waals surface area contributed by atoms with Gasteiger partial charge in [0.1, 0.15) is 6.61 Å². The summed E-state index contributed by atoms with van der Waals surface area (Å²) in [4.78, 5) is 24.1. The maximum absolute atomic E-state index is 12.1. The minimum Gasteiger partial charge on any atom is -0.461 e. The first-order chi connectivity index (χ1) is 10.7. The predicted octanol–water partition coefficient (Wildman–Crippen LogP) is 3.64. The standard InChI is InChI=1S/C19H18O3/c20-18(15-9-5-2-6-10-15)12-16-11-17(16)19(21)22-13-14-7-3-1-4-8-14/h1-10,16-17H,11-13H2/t16-,17-/m1/s1. The molecule has 3 heteroatoms. The molecule has 0 radical (unpaired) electrons. The van der Waals surface area contributed by atoms with Gasteiger partial charge in [0.25, 0.3) is 0 Å². The van der Waals surface area contributed by atoms with Crippen molar-refractivity contribution in [1.29, 1.82) is 0 Å². The molecule has 0 heterocycles. The van der Waals surface area contributed by atoms with Crippen molar-refractivity contribution in [3.8, 4) is 0 Å². The molecule has 1 saturated carbocycles. The van der Waals surface area contributed by atoms with E-state index in [1.165, 1.54) is 0 Å². The molecule has 0 aliphatic heterocycles. The quantitative estimate of drug-likeness (QED) is 0.603. The van der Waals surface area contributed by atoms with E-state index in [1.54, 1.807) is 0 Å². The molecule has 0 saturated heterocycles. The van der Waals surface area contributed by atoms with Gasteiger partial charge in [-0.25, -0.2) is 0 Å². The van der Waals surface area contributed by atoms with Gasteiger partial charge in [0, 0.05) is 12.0 Å². The van der Waals surface area contributed by atoms with Gasteiger partial charge < -0.3 is 4.74 Å². The number of carbonyl (C=O) groups excluding carboxylic acids is 2. The first-order valence-electron chi connectivity index (χ1n) is 7.53.